The largest absolute Gasteiger partial charge is 0.463 e. The second-order valence-electron chi connectivity index (χ2n) is 7.42. The molecule has 1 N–H and O–H groups in total. The van der Waals surface area contributed by atoms with E-state index in [1.54, 1.807) is 18.4 Å². The summed E-state index contributed by atoms with van der Waals surface area (Å²) in [6.07, 6.45) is -4.82. The molecule has 2 rings (SSSR count). The maximum Gasteiger partial charge on any atom is 0.303 e. The van der Waals surface area contributed by atoms with E-state index in [0.29, 0.717) is 0 Å². The topological polar surface area (TPSA) is 126 Å². The first kappa shape index (κ1) is 27.2. The molecule has 184 valence electrons. The zero-order valence-corrected chi connectivity index (χ0v) is 20.9. The molecule has 0 aliphatic carbocycles. The molecule has 1 aromatic heterocycles. The summed E-state index contributed by atoms with van der Waals surface area (Å²) >= 11 is 17.4. The van der Waals surface area contributed by atoms with Gasteiger partial charge in [0.2, 0.25) is 12.2 Å². The smallest absolute Gasteiger partial charge is 0.303 e. The fourth-order valence-corrected chi connectivity index (χ4v) is 3.72. The van der Waals surface area contributed by atoms with E-state index in [0.717, 1.165) is 11.4 Å². The summed E-state index contributed by atoms with van der Waals surface area (Å²) < 4.78 is 27.2. The normalized spacial score (nSPS) is 25.2. The van der Waals surface area contributed by atoms with Crippen molar-refractivity contribution in [2.24, 2.45) is 0 Å². The van der Waals surface area contributed by atoms with Gasteiger partial charge in [-0.05, 0) is 26.0 Å². The quantitative estimate of drug-likeness (QED) is 0.197. The Morgan fingerprint density at radius 2 is 1.48 bits per heavy atom. The summed E-state index contributed by atoms with van der Waals surface area (Å²) in [6.45, 7) is 6.78. The van der Waals surface area contributed by atoms with E-state index >= 15 is 0 Å². The maximum absolute atomic E-state index is 12.0. The van der Waals surface area contributed by atoms with Crippen LogP contribution in [0.2, 0.25) is 0 Å². The summed E-state index contributed by atoms with van der Waals surface area (Å²) in [5, 5.41) is 8.02. The first-order chi connectivity index (χ1) is 15.2. The average Bonchev–Trinajstić information content (AvgIpc) is 2.99. The van der Waals surface area contributed by atoms with Gasteiger partial charge in [0.25, 0.3) is 3.79 Å². The number of aromatic nitrogens is 1. The van der Waals surface area contributed by atoms with E-state index in [-0.39, 0.29) is 6.61 Å². The SMILES string of the molecule is CC(=O)OC[C@H]1O[C@@H](OC(=N)C(Cl)(Cl)Cl)[C@H](n2c(C)ccc2C)[C@@H](OC(C)=O)[C@@H]1OC(C)=O. The van der Waals surface area contributed by atoms with Gasteiger partial charge in [-0.3, -0.25) is 19.8 Å². The fraction of sp³-hybridized carbons (Fsp3) is 0.600. The molecule has 13 heteroatoms. The molecular formula is C20H25Cl3N2O8. The standard InChI is InChI=1S/C20H25Cl3N2O8/c1-9-6-7-10(2)25(9)15-17(31-13(5)28)16(30-12(4)27)14(8-29-11(3)26)32-18(15)33-19(24)20(21,22)23/h6-7,14-18,24H,8H2,1-5H3/t14-,15-,16-,17-,18+/m1/s1. The van der Waals surface area contributed by atoms with Crippen molar-refractivity contribution in [2.45, 2.75) is 69.1 Å². The van der Waals surface area contributed by atoms with Crippen LogP contribution in [0.25, 0.3) is 0 Å². The summed E-state index contributed by atoms with van der Waals surface area (Å²) in [4.78, 5) is 35.4. The highest BCUT2D eigenvalue weighted by atomic mass is 35.6. The van der Waals surface area contributed by atoms with Crippen LogP contribution < -0.4 is 0 Å². The zero-order valence-electron chi connectivity index (χ0n) is 18.6. The third-order valence-electron chi connectivity index (χ3n) is 4.78. The average molecular weight is 528 g/mol. The molecule has 0 amide bonds. The van der Waals surface area contributed by atoms with Crippen LogP contribution in [0.4, 0.5) is 0 Å². The molecule has 0 unspecified atom stereocenters. The fourth-order valence-electron chi connectivity index (χ4n) is 3.59. The van der Waals surface area contributed by atoms with Gasteiger partial charge in [-0.1, -0.05) is 34.8 Å². The van der Waals surface area contributed by atoms with Gasteiger partial charge < -0.3 is 28.3 Å². The van der Waals surface area contributed by atoms with Gasteiger partial charge in [-0.15, -0.1) is 0 Å². The monoisotopic (exact) mass is 526 g/mol. The molecule has 0 spiro atoms. The third kappa shape index (κ3) is 6.99. The number of hydrogen-bond acceptors (Lipinski definition) is 9. The maximum atomic E-state index is 12.0. The van der Waals surface area contributed by atoms with Gasteiger partial charge in [0.1, 0.15) is 18.8 Å². The summed E-state index contributed by atoms with van der Waals surface area (Å²) in [5.74, 6) is -2.71. The first-order valence-corrected chi connectivity index (χ1v) is 11.0. The Morgan fingerprint density at radius 1 is 0.970 bits per heavy atom. The number of aryl methyl sites for hydroxylation is 2. The van der Waals surface area contributed by atoms with Crippen LogP contribution in [0.3, 0.4) is 0 Å². The summed E-state index contributed by atoms with van der Waals surface area (Å²) in [7, 11) is 0. The molecule has 0 aromatic carbocycles. The highest BCUT2D eigenvalue weighted by molar-refractivity contribution is 6.76. The molecule has 2 heterocycles. The number of alkyl halides is 3. The van der Waals surface area contributed by atoms with Crippen LogP contribution >= 0.6 is 34.8 Å². The van der Waals surface area contributed by atoms with E-state index in [1.165, 1.54) is 20.8 Å². The van der Waals surface area contributed by atoms with Crippen LogP contribution in [0.5, 0.6) is 0 Å². The van der Waals surface area contributed by atoms with E-state index in [9.17, 15) is 14.4 Å². The van der Waals surface area contributed by atoms with Crippen molar-refractivity contribution in [1.82, 2.24) is 4.57 Å². The molecule has 1 aromatic rings. The number of nitrogens with zero attached hydrogens (tertiary/aromatic N) is 1. The molecule has 1 aliphatic heterocycles. The second kappa shape index (κ2) is 10.9. The Hall–Kier alpha value is -2.01. The highest BCUT2D eigenvalue weighted by Crippen LogP contribution is 2.39. The molecule has 0 saturated carbocycles. The van der Waals surface area contributed by atoms with Crippen molar-refractivity contribution >= 4 is 58.6 Å². The van der Waals surface area contributed by atoms with Crippen molar-refractivity contribution in [3.63, 3.8) is 0 Å². The van der Waals surface area contributed by atoms with E-state index in [4.69, 9.17) is 63.9 Å². The van der Waals surface area contributed by atoms with Crippen LogP contribution in [0.1, 0.15) is 38.2 Å². The number of hydrogen-bond donors (Lipinski definition) is 1. The first-order valence-electron chi connectivity index (χ1n) is 9.82. The zero-order chi connectivity index (χ0) is 25.1. The third-order valence-corrected chi connectivity index (χ3v) is 5.30. The Kier molecular flexibility index (Phi) is 9.03. The lowest BCUT2D eigenvalue weighted by molar-refractivity contribution is -0.269. The molecule has 10 nitrogen and oxygen atoms in total. The van der Waals surface area contributed by atoms with Gasteiger partial charge in [0, 0.05) is 32.2 Å². The van der Waals surface area contributed by atoms with Gasteiger partial charge in [0.05, 0.1) is 0 Å². The predicted molar refractivity (Wildman–Crippen MR) is 118 cm³/mol. The number of ether oxygens (including phenoxy) is 5. The molecule has 5 atom stereocenters. The van der Waals surface area contributed by atoms with Crippen LogP contribution in [0, 0.1) is 19.3 Å². The lowest BCUT2D eigenvalue weighted by Gasteiger charge is -2.46. The Morgan fingerprint density at radius 3 is 1.94 bits per heavy atom. The summed E-state index contributed by atoms with van der Waals surface area (Å²) in [6, 6.07) is 2.65. The van der Waals surface area contributed by atoms with Gasteiger partial charge >= 0.3 is 17.9 Å². The van der Waals surface area contributed by atoms with Crippen molar-refractivity contribution in [3.05, 3.63) is 23.5 Å². The Labute approximate surface area is 205 Å². The molecule has 33 heavy (non-hydrogen) atoms. The van der Waals surface area contributed by atoms with Gasteiger partial charge in [-0.2, -0.15) is 0 Å². The van der Waals surface area contributed by atoms with Crippen molar-refractivity contribution in [3.8, 4) is 0 Å². The minimum atomic E-state index is -2.20. The molecule has 1 aliphatic rings. The number of carbonyl (C=O) groups excluding carboxylic acids is 3. The second-order valence-corrected chi connectivity index (χ2v) is 9.70. The lowest BCUT2D eigenvalue weighted by Crippen LogP contribution is -2.60. The molecular weight excluding hydrogens is 503 g/mol. The number of rotatable bonds is 6. The number of nitrogens with one attached hydrogen (secondary N) is 1. The number of esters is 3. The minimum absolute atomic E-state index is 0.359. The summed E-state index contributed by atoms with van der Waals surface area (Å²) in [5.41, 5.74) is 1.46. The minimum Gasteiger partial charge on any atom is -0.463 e. The molecule has 1 saturated heterocycles. The highest BCUT2D eigenvalue weighted by Gasteiger charge is 2.53. The van der Waals surface area contributed by atoms with Crippen molar-refractivity contribution in [2.75, 3.05) is 6.61 Å². The van der Waals surface area contributed by atoms with Crippen molar-refractivity contribution < 1.29 is 38.1 Å². The van der Waals surface area contributed by atoms with Crippen LogP contribution in [-0.2, 0) is 38.1 Å². The van der Waals surface area contributed by atoms with E-state index in [1.807, 2.05) is 12.1 Å². The van der Waals surface area contributed by atoms with Crippen molar-refractivity contribution in [1.29, 1.82) is 5.41 Å². The van der Waals surface area contributed by atoms with E-state index < -0.39 is 58.2 Å². The Bertz CT molecular complexity index is 894. The van der Waals surface area contributed by atoms with Gasteiger partial charge in [-0.25, -0.2) is 0 Å². The lowest BCUT2D eigenvalue weighted by atomic mass is 9.95. The van der Waals surface area contributed by atoms with Gasteiger partial charge in [0.15, 0.2) is 12.2 Å². The number of carbonyl (C=O) groups is 3. The number of halogens is 3. The van der Waals surface area contributed by atoms with Crippen LogP contribution in [-0.4, -0.2) is 63.4 Å². The molecule has 0 bridgehead atoms. The van der Waals surface area contributed by atoms with E-state index in [2.05, 4.69) is 0 Å². The van der Waals surface area contributed by atoms with Crippen LogP contribution in [0.15, 0.2) is 12.1 Å². The Balaban J connectivity index is 2.63. The predicted octanol–water partition coefficient (Wildman–Crippen LogP) is 3.16. The molecule has 1 fully saturated rings. The molecule has 0 radical (unpaired) electrons.